The Labute approximate surface area is 107 Å². The molecule has 0 aliphatic rings. The lowest BCUT2D eigenvalue weighted by Gasteiger charge is -2.03. The lowest BCUT2D eigenvalue weighted by Crippen LogP contribution is -2.04. The number of hydrogen-bond donors (Lipinski definition) is 0. The van der Waals surface area contributed by atoms with Crippen molar-refractivity contribution in [3.63, 3.8) is 0 Å². The monoisotopic (exact) mass is 256 g/mol. The second kappa shape index (κ2) is 7.44. The SMILES string of the molecule is CCCCCCC(=O)Cc1ccc(Cl)cc1F. The molecule has 0 heterocycles. The molecule has 94 valence electrons. The van der Waals surface area contributed by atoms with Gasteiger partial charge in [0.1, 0.15) is 11.6 Å². The van der Waals surface area contributed by atoms with E-state index in [1.165, 1.54) is 6.07 Å². The van der Waals surface area contributed by atoms with Crippen LogP contribution in [-0.4, -0.2) is 5.78 Å². The number of carbonyl (C=O) groups excluding carboxylic acids is 1. The Hall–Kier alpha value is -0.890. The predicted molar refractivity (Wildman–Crippen MR) is 68.9 cm³/mol. The van der Waals surface area contributed by atoms with E-state index in [0.717, 1.165) is 25.7 Å². The molecule has 0 bridgehead atoms. The maximum Gasteiger partial charge on any atom is 0.137 e. The van der Waals surface area contributed by atoms with Gasteiger partial charge in [-0.05, 0) is 24.1 Å². The molecule has 0 saturated heterocycles. The number of ketones is 1. The zero-order valence-electron chi connectivity index (χ0n) is 10.1. The largest absolute Gasteiger partial charge is 0.299 e. The van der Waals surface area contributed by atoms with E-state index in [1.54, 1.807) is 12.1 Å². The smallest absolute Gasteiger partial charge is 0.137 e. The van der Waals surface area contributed by atoms with Gasteiger partial charge >= 0.3 is 0 Å². The Morgan fingerprint density at radius 1 is 1.29 bits per heavy atom. The van der Waals surface area contributed by atoms with E-state index < -0.39 is 0 Å². The lowest BCUT2D eigenvalue weighted by molar-refractivity contribution is -0.118. The summed E-state index contributed by atoms with van der Waals surface area (Å²) in [4.78, 5) is 11.6. The van der Waals surface area contributed by atoms with Crippen molar-refractivity contribution in [2.75, 3.05) is 0 Å². The number of benzene rings is 1. The van der Waals surface area contributed by atoms with E-state index in [2.05, 4.69) is 6.92 Å². The summed E-state index contributed by atoms with van der Waals surface area (Å²) in [6.07, 6.45) is 5.01. The third kappa shape index (κ3) is 5.31. The van der Waals surface area contributed by atoms with Crippen molar-refractivity contribution in [1.29, 1.82) is 0 Å². The second-order valence-electron chi connectivity index (χ2n) is 4.26. The molecule has 0 amide bonds. The first kappa shape index (κ1) is 14.2. The van der Waals surface area contributed by atoms with Gasteiger partial charge in [0.15, 0.2) is 0 Å². The minimum Gasteiger partial charge on any atom is -0.299 e. The highest BCUT2D eigenvalue weighted by molar-refractivity contribution is 6.30. The molecular formula is C14H18ClFO. The molecule has 17 heavy (non-hydrogen) atoms. The van der Waals surface area contributed by atoms with Crippen molar-refractivity contribution in [1.82, 2.24) is 0 Å². The van der Waals surface area contributed by atoms with Gasteiger partial charge < -0.3 is 0 Å². The quantitative estimate of drug-likeness (QED) is 0.654. The van der Waals surface area contributed by atoms with Crippen molar-refractivity contribution in [3.05, 3.63) is 34.6 Å². The average molecular weight is 257 g/mol. The summed E-state index contributed by atoms with van der Waals surface area (Å²) in [6.45, 7) is 2.13. The number of rotatable bonds is 7. The van der Waals surface area contributed by atoms with E-state index in [4.69, 9.17) is 11.6 Å². The molecule has 0 fully saturated rings. The Balaban J connectivity index is 2.40. The second-order valence-corrected chi connectivity index (χ2v) is 4.70. The van der Waals surface area contributed by atoms with Gasteiger partial charge in [-0.15, -0.1) is 0 Å². The van der Waals surface area contributed by atoms with Gasteiger partial charge in [0.2, 0.25) is 0 Å². The summed E-state index contributed by atoms with van der Waals surface area (Å²) in [5.74, 6) is -0.290. The van der Waals surface area contributed by atoms with E-state index in [9.17, 15) is 9.18 Å². The number of Topliss-reactive ketones (excluding diaryl/α,β-unsaturated/α-hetero) is 1. The maximum atomic E-state index is 13.4. The van der Waals surface area contributed by atoms with Crippen LogP contribution in [0.1, 0.15) is 44.6 Å². The standard InChI is InChI=1S/C14H18ClFO/c1-2-3-4-5-6-13(17)9-11-7-8-12(15)10-14(11)16/h7-8,10H,2-6,9H2,1H3. The maximum absolute atomic E-state index is 13.4. The number of hydrogen-bond acceptors (Lipinski definition) is 1. The van der Waals surface area contributed by atoms with Gasteiger partial charge in [0.25, 0.3) is 0 Å². The highest BCUT2D eigenvalue weighted by Crippen LogP contribution is 2.16. The van der Waals surface area contributed by atoms with Gasteiger partial charge in [-0.2, -0.15) is 0 Å². The minimum absolute atomic E-state index is 0.0994. The highest BCUT2D eigenvalue weighted by Gasteiger charge is 2.08. The van der Waals surface area contributed by atoms with Crippen LogP contribution in [-0.2, 0) is 11.2 Å². The first-order chi connectivity index (χ1) is 8.13. The number of unbranched alkanes of at least 4 members (excludes halogenated alkanes) is 3. The van der Waals surface area contributed by atoms with E-state index >= 15 is 0 Å². The first-order valence-corrected chi connectivity index (χ1v) is 6.47. The van der Waals surface area contributed by atoms with Gasteiger partial charge in [-0.3, -0.25) is 4.79 Å². The lowest BCUT2D eigenvalue weighted by atomic mass is 10.0. The molecule has 1 nitrogen and oxygen atoms in total. The molecule has 1 rings (SSSR count). The molecule has 0 atom stereocenters. The molecule has 3 heteroatoms. The Kier molecular flexibility index (Phi) is 6.20. The molecule has 0 unspecified atom stereocenters. The molecule has 0 aliphatic heterocycles. The molecule has 0 aromatic heterocycles. The number of carbonyl (C=O) groups is 1. The third-order valence-electron chi connectivity index (χ3n) is 2.71. The highest BCUT2D eigenvalue weighted by atomic mass is 35.5. The Morgan fingerprint density at radius 2 is 2.06 bits per heavy atom. The van der Waals surface area contributed by atoms with E-state index in [1.807, 2.05) is 0 Å². The van der Waals surface area contributed by atoms with Crippen LogP contribution >= 0.6 is 11.6 Å². The molecule has 0 N–H and O–H groups in total. The summed E-state index contributed by atoms with van der Waals surface area (Å²) in [6, 6.07) is 4.45. The summed E-state index contributed by atoms with van der Waals surface area (Å²) < 4.78 is 13.4. The van der Waals surface area contributed by atoms with E-state index in [-0.39, 0.29) is 18.0 Å². The van der Waals surface area contributed by atoms with Crippen LogP contribution in [0.15, 0.2) is 18.2 Å². The fourth-order valence-electron chi connectivity index (χ4n) is 1.71. The van der Waals surface area contributed by atoms with Gasteiger partial charge in [-0.1, -0.05) is 43.9 Å². The molecule has 0 spiro atoms. The zero-order valence-corrected chi connectivity index (χ0v) is 10.9. The zero-order chi connectivity index (χ0) is 12.7. The topological polar surface area (TPSA) is 17.1 Å². The fourth-order valence-corrected chi connectivity index (χ4v) is 1.87. The van der Waals surface area contributed by atoms with E-state index in [0.29, 0.717) is 17.0 Å². The van der Waals surface area contributed by atoms with Gasteiger partial charge in [0, 0.05) is 17.9 Å². The molecule has 1 aromatic rings. The minimum atomic E-state index is -0.389. The molecule has 1 aromatic carbocycles. The molecular weight excluding hydrogens is 239 g/mol. The summed E-state index contributed by atoms with van der Waals surface area (Å²) in [5.41, 5.74) is 0.440. The van der Waals surface area contributed by atoms with Crippen LogP contribution in [0, 0.1) is 5.82 Å². The fraction of sp³-hybridized carbons (Fsp3) is 0.500. The molecule has 0 radical (unpaired) electrons. The summed E-state index contributed by atoms with van der Waals surface area (Å²) >= 11 is 5.65. The number of halogens is 2. The Bertz CT molecular complexity index is 376. The Morgan fingerprint density at radius 3 is 2.71 bits per heavy atom. The third-order valence-corrected chi connectivity index (χ3v) is 2.95. The van der Waals surface area contributed by atoms with Crippen molar-refractivity contribution >= 4 is 17.4 Å². The van der Waals surface area contributed by atoms with Crippen LogP contribution in [0.4, 0.5) is 4.39 Å². The van der Waals surface area contributed by atoms with Crippen molar-refractivity contribution in [2.24, 2.45) is 0 Å². The summed E-state index contributed by atoms with van der Waals surface area (Å²) in [7, 11) is 0. The summed E-state index contributed by atoms with van der Waals surface area (Å²) in [5, 5.41) is 0.363. The van der Waals surface area contributed by atoms with Crippen molar-refractivity contribution in [2.45, 2.75) is 45.4 Å². The van der Waals surface area contributed by atoms with Crippen LogP contribution in [0.25, 0.3) is 0 Å². The van der Waals surface area contributed by atoms with Crippen LogP contribution in [0.5, 0.6) is 0 Å². The molecule has 0 saturated carbocycles. The van der Waals surface area contributed by atoms with Crippen molar-refractivity contribution < 1.29 is 9.18 Å². The van der Waals surface area contributed by atoms with Gasteiger partial charge in [0.05, 0.1) is 0 Å². The van der Waals surface area contributed by atoms with Crippen LogP contribution < -0.4 is 0 Å². The molecule has 0 aliphatic carbocycles. The normalized spacial score (nSPS) is 10.5. The van der Waals surface area contributed by atoms with Crippen LogP contribution in [0.3, 0.4) is 0 Å². The van der Waals surface area contributed by atoms with Crippen molar-refractivity contribution in [3.8, 4) is 0 Å². The van der Waals surface area contributed by atoms with Gasteiger partial charge in [-0.25, -0.2) is 4.39 Å². The first-order valence-electron chi connectivity index (χ1n) is 6.09. The average Bonchev–Trinajstić information content (AvgIpc) is 2.28. The predicted octanol–water partition coefficient (Wildman–Crippen LogP) is 4.56. The van der Waals surface area contributed by atoms with Crippen LogP contribution in [0.2, 0.25) is 5.02 Å².